The van der Waals surface area contributed by atoms with Gasteiger partial charge in [0, 0.05) is 24.5 Å². The van der Waals surface area contributed by atoms with Crippen LogP contribution >= 0.6 is 11.6 Å². The largest absolute Gasteiger partial charge is 0.322 e. The predicted octanol–water partition coefficient (Wildman–Crippen LogP) is 4.14. The number of benzene rings is 1. The molecule has 0 aliphatic carbocycles. The van der Waals surface area contributed by atoms with Crippen LogP contribution in [0.25, 0.3) is 0 Å². The predicted molar refractivity (Wildman–Crippen MR) is 67.3 cm³/mol. The van der Waals surface area contributed by atoms with Gasteiger partial charge in [0.15, 0.2) is 5.82 Å². The molecule has 0 atom stereocenters. The van der Waals surface area contributed by atoms with Crippen LogP contribution in [0.15, 0.2) is 24.5 Å². The second-order valence-corrected chi connectivity index (χ2v) is 4.53. The van der Waals surface area contributed by atoms with Crippen molar-refractivity contribution in [3.8, 4) is 0 Å². The van der Waals surface area contributed by atoms with Crippen LogP contribution in [0, 0.1) is 11.6 Å². The van der Waals surface area contributed by atoms with Gasteiger partial charge < -0.3 is 9.88 Å². The molecule has 0 saturated heterocycles. The van der Waals surface area contributed by atoms with Crippen LogP contribution in [0.1, 0.15) is 19.9 Å². The highest BCUT2D eigenvalue weighted by atomic mass is 35.5. The summed E-state index contributed by atoms with van der Waals surface area (Å²) in [6, 6.07) is 1.99. The fraction of sp³-hybridized carbons (Fsp3) is 0.250. The van der Waals surface area contributed by atoms with Crippen LogP contribution in [0.3, 0.4) is 0 Å². The molecule has 0 saturated carbocycles. The summed E-state index contributed by atoms with van der Waals surface area (Å²) in [5.74, 6) is -1.01. The van der Waals surface area contributed by atoms with E-state index < -0.39 is 11.6 Å². The molecular weight excluding hydrogens is 260 g/mol. The smallest absolute Gasteiger partial charge is 0.207 e. The first-order chi connectivity index (χ1) is 8.49. The number of rotatable bonds is 3. The van der Waals surface area contributed by atoms with Crippen molar-refractivity contribution >= 4 is 23.2 Å². The van der Waals surface area contributed by atoms with Gasteiger partial charge in [0.1, 0.15) is 5.82 Å². The minimum Gasteiger partial charge on any atom is -0.322 e. The van der Waals surface area contributed by atoms with Gasteiger partial charge in [-0.15, -0.1) is 0 Å². The highest BCUT2D eigenvalue weighted by Gasteiger charge is 2.13. The zero-order valence-corrected chi connectivity index (χ0v) is 10.7. The fourth-order valence-corrected chi connectivity index (χ4v) is 1.84. The summed E-state index contributed by atoms with van der Waals surface area (Å²) in [5, 5.41) is 2.75. The van der Waals surface area contributed by atoms with Gasteiger partial charge in [-0.25, -0.2) is 13.8 Å². The SMILES string of the molecule is CC(C)n1ccnc1Nc1c(F)cc(F)cc1Cl. The molecule has 2 aromatic rings. The van der Waals surface area contributed by atoms with Crippen molar-refractivity contribution in [1.29, 1.82) is 0 Å². The Kier molecular flexibility index (Phi) is 3.52. The van der Waals surface area contributed by atoms with Gasteiger partial charge in [0.25, 0.3) is 0 Å². The molecule has 0 fully saturated rings. The number of hydrogen-bond donors (Lipinski definition) is 1. The standard InChI is InChI=1S/C12H12ClF2N3/c1-7(2)18-4-3-16-12(18)17-11-9(13)5-8(14)6-10(11)15/h3-7H,1-2H3,(H,16,17). The van der Waals surface area contributed by atoms with E-state index in [1.807, 2.05) is 18.4 Å². The van der Waals surface area contributed by atoms with Crippen molar-refractivity contribution < 1.29 is 8.78 Å². The zero-order valence-electron chi connectivity index (χ0n) is 9.92. The van der Waals surface area contributed by atoms with Crippen molar-refractivity contribution in [3.63, 3.8) is 0 Å². The van der Waals surface area contributed by atoms with E-state index >= 15 is 0 Å². The molecule has 96 valence electrons. The van der Waals surface area contributed by atoms with Gasteiger partial charge in [0.05, 0.1) is 10.7 Å². The van der Waals surface area contributed by atoms with Crippen molar-refractivity contribution in [2.24, 2.45) is 0 Å². The first kappa shape index (κ1) is 12.8. The molecule has 6 heteroatoms. The van der Waals surface area contributed by atoms with Gasteiger partial charge >= 0.3 is 0 Å². The molecule has 1 aromatic heterocycles. The van der Waals surface area contributed by atoms with E-state index in [2.05, 4.69) is 10.3 Å². The Hall–Kier alpha value is -1.62. The van der Waals surface area contributed by atoms with Gasteiger partial charge in [-0.2, -0.15) is 0 Å². The third-order valence-corrected chi connectivity index (χ3v) is 2.77. The minimum absolute atomic E-state index is 0.0196. The third kappa shape index (κ3) is 2.46. The molecule has 0 aliphatic rings. The maximum absolute atomic E-state index is 13.6. The molecule has 2 rings (SSSR count). The average molecular weight is 272 g/mol. The lowest BCUT2D eigenvalue weighted by atomic mass is 10.3. The maximum atomic E-state index is 13.6. The lowest BCUT2D eigenvalue weighted by molar-refractivity contribution is 0.584. The third-order valence-electron chi connectivity index (χ3n) is 2.47. The second kappa shape index (κ2) is 4.94. The quantitative estimate of drug-likeness (QED) is 0.909. The molecule has 0 amide bonds. The highest BCUT2D eigenvalue weighted by Crippen LogP contribution is 2.29. The van der Waals surface area contributed by atoms with Gasteiger partial charge in [-0.3, -0.25) is 0 Å². The second-order valence-electron chi connectivity index (χ2n) is 4.12. The number of nitrogens with zero attached hydrogens (tertiary/aromatic N) is 2. The molecular formula is C12H12ClF2N3. The summed E-state index contributed by atoms with van der Waals surface area (Å²) < 4.78 is 28.4. The van der Waals surface area contributed by atoms with Crippen LogP contribution in [0.2, 0.25) is 5.02 Å². The van der Waals surface area contributed by atoms with E-state index in [1.165, 1.54) is 0 Å². The molecule has 1 aromatic carbocycles. The van der Waals surface area contributed by atoms with Crippen LogP contribution in [0.4, 0.5) is 20.4 Å². The topological polar surface area (TPSA) is 29.9 Å². The Morgan fingerprint density at radius 2 is 2.06 bits per heavy atom. The number of aromatic nitrogens is 2. The van der Waals surface area contributed by atoms with Gasteiger partial charge in [-0.1, -0.05) is 11.6 Å². The summed E-state index contributed by atoms with van der Waals surface area (Å²) in [6.07, 6.45) is 3.36. The van der Waals surface area contributed by atoms with Gasteiger partial charge in [-0.05, 0) is 19.9 Å². The number of anilines is 2. The summed E-state index contributed by atoms with van der Waals surface area (Å²) in [4.78, 5) is 4.07. The molecule has 0 unspecified atom stereocenters. The molecule has 18 heavy (non-hydrogen) atoms. The minimum atomic E-state index is -0.752. The summed E-state index contributed by atoms with van der Waals surface area (Å²) in [5.41, 5.74) is 0.0196. The Bertz CT molecular complexity index is 543. The van der Waals surface area contributed by atoms with Crippen LogP contribution in [-0.4, -0.2) is 9.55 Å². The van der Waals surface area contributed by atoms with Crippen molar-refractivity contribution in [2.45, 2.75) is 19.9 Å². The van der Waals surface area contributed by atoms with Gasteiger partial charge in [0.2, 0.25) is 5.95 Å². The Morgan fingerprint density at radius 1 is 1.33 bits per heavy atom. The first-order valence-electron chi connectivity index (χ1n) is 5.43. The van der Waals surface area contributed by atoms with E-state index in [1.54, 1.807) is 12.4 Å². The molecule has 3 nitrogen and oxygen atoms in total. The van der Waals surface area contributed by atoms with Crippen LogP contribution in [-0.2, 0) is 0 Å². The number of nitrogens with one attached hydrogen (secondary N) is 1. The van der Waals surface area contributed by atoms with Crippen molar-refractivity contribution in [1.82, 2.24) is 9.55 Å². The highest BCUT2D eigenvalue weighted by molar-refractivity contribution is 6.33. The van der Waals surface area contributed by atoms with Crippen LogP contribution < -0.4 is 5.32 Å². The monoisotopic (exact) mass is 271 g/mol. The average Bonchev–Trinajstić information content (AvgIpc) is 2.71. The molecule has 0 spiro atoms. The summed E-state index contributed by atoms with van der Waals surface area (Å²) in [6.45, 7) is 3.94. The molecule has 0 bridgehead atoms. The van der Waals surface area contributed by atoms with Crippen LogP contribution in [0.5, 0.6) is 0 Å². The molecule has 0 radical (unpaired) electrons. The number of imidazole rings is 1. The summed E-state index contributed by atoms with van der Waals surface area (Å²) >= 11 is 5.80. The Morgan fingerprint density at radius 3 is 2.67 bits per heavy atom. The number of hydrogen-bond acceptors (Lipinski definition) is 2. The van der Waals surface area contributed by atoms with E-state index in [0.29, 0.717) is 5.95 Å². The van der Waals surface area contributed by atoms with Crippen molar-refractivity contribution in [2.75, 3.05) is 5.32 Å². The Balaban J connectivity index is 2.37. The lowest BCUT2D eigenvalue weighted by Crippen LogP contribution is -2.06. The molecule has 1 heterocycles. The summed E-state index contributed by atoms with van der Waals surface area (Å²) in [7, 11) is 0. The molecule has 1 N–H and O–H groups in total. The van der Waals surface area contributed by atoms with E-state index in [4.69, 9.17) is 11.6 Å². The number of halogens is 3. The fourth-order valence-electron chi connectivity index (χ4n) is 1.60. The van der Waals surface area contributed by atoms with Crippen molar-refractivity contribution in [3.05, 3.63) is 41.2 Å². The Labute approximate surface area is 108 Å². The normalized spacial score (nSPS) is 11.0. The zero-order chi connectivity index (χ0) is 13.3. The molecule has 0 aliphatic heterocycles. The first-order valence-corrected chi connectivity index (χ1v) is 5.81. The van der Waals surface area contributed by atoms with E-state index in [0.717, 1.165) is 12.1 Å². The lowest BCUT2D eigenvalue weighted by Gasteiger charge is -2.14. The maximum Gasteiger partial charge on any atom is 0.207 e. The van der Waals surface area contributed by atoms with E-state index in [-0.39, 0.29) is 16.8 Å². The van der Waals surface area contributed by atoms with E-state index in [9.17, 15) is 8.78 Å².